The lowest BCUT2D eigenvalue weighted by Gasteiger charge is -2.32. The minimum Gasteiger partial charge on any atom is -1.00 e. The Kier molecular flexibility index (Phi) is 10.0. The van der Waals surface area contributed by atoms with E-state index >= 15 is 0 Å². The molecule has 0 unspecified atom stereocenters. The molecule has 0 spiro atoms. The maximum atomic E-state index is 6.53. The van der Waals surface area contributed by atoms with E-state index in [0.29, 0.717) is 0 Å². The molecule has 1 aromatic rings. The Bertz CT molecular complexity index is 833. The molecule has 0 atom stereocenters. The zero-order chi connectivity index (χ0) is 26.1. The molecular weight excluding hydrogens is 586 g/mol. The van der Waals surface area contributed by atoms with Crippen LogP contribution in [0, 0.1) is 0 Å². The highest BCUT2D eigenvalue weighted by Crippen LogP contribution is 2.38. The Morgan fingerprint density at radius 3 is 0.944 bits per heavy atom. The van der Waals surface area contributed by atoms with Gasteiger partial charge in [-0.15, -0.1) is 0 Å². The molecule has 10 heteroatoms. The van der Waals surface area contributed by atoms with Crippen LogP contribution in [0.3, 0.4) is 0 Å². The van der Waals surface area contributed by atoms with Crippen LogP contribution in [0.1, 0.15) is 66.5 Å². The van der Waals surface area contributed by atoms with Crippen molar-refractivity contribution < 1.29 is 61.5 Å². The van der Waals surface area contributed by atoms with Gasteiger partial charge in [0.1, 0.15) is 13.1 Å². The van der Waals surface area contributed by atoms with Gasteiger partial charge >= 0.3 is 14.2 Å². The average Bonchev–Trinajstić information content (AvgIpc) is 2.92. The van der Waals surface area contributed by atoms with Crippen molar-refractivity contribution in [1.82, 2.24) is 0 Å². The van der Waals surface area contributed by atoms with Crippen molar-refractivity contribution in [2.45, 2.75) is 90.9 Å². The number of hydrogen-bond donors (Lipinski definition) is 0. The van der Waals surface area contributed by atoms with Gasteiger partial charge in [-0.1, -0.05) is 12.1 Å². The molecule has 6 nitrogen and oxygen atoms in total. The fourth-order valence-electron chi connectivity index (χ4n) is 4.40. The summed E-state index contributed by atoms with van der Waals surface area (Å²) in [7, 11) is 12.4. The molecule has 0 aliphatic carbocycles. The summed E-state index contributed by atoms with van der Waals surface area (Å²) in [6, 6.07) is 4.58. The Morgan fingerprint density at radius 1 is 0.528 bits per heavy atom. The van der Waals surface area contributed by atoms with E-state index in [9.17, 15) is 0 Å². The summed E-state index contributed by atoms with van der Waals surface area (Å²) in [4.78, 5) is 0. The molecule has 0 N–H and O–H groups in total. The molecule has 2 aliphatic heterocycles. The molecule has 0 amide bonds. The number of rotatable bonds is 6. The van der Waals surface area contributed by atoms with Gasteiger partial charge < -0.3 is 61.5 Å². The Hall–Kier alpha value is 0.0699. The first-order valence-electron chi connectivity index (χ1n) is 12.5. The normalized spacial score (nSPS) is 22.3. The van der Waals surface area contributed by atoms with Gasteiger partial charge in [0.05, 0.1) is 64.7 Å². The van der Waals surface area contributed by atoms with Crippen LogP contribution < -0.4 is 44.9 Å². The molecule has 0 radical (unpaired) electrons. The summed E-state index contributed by atoms with van der Waals surface area (Å²) in [6.07, 6.45) is 0. The highest BCUT2D eigenvalue weighted by atomic mass is 79.9. The second-order valence-electron chi connectivity index (χ2n) is 14.3. The fraction of sp³-hybridized carbons (Fsp3) is 0.769. The van der Waals surface area contributed by atoms with Crippen molar-refractivity contribution in [3.05, 3.63) is 23.3 Å². The fourth-order valence-corrected chi connectivity index (χ4v) is 4.40. The van der Waals surface area contributed by atoms with Crippen LogP contribution in [-0.2, 0) is 31.7 Å². The van der Waals surface area contributed by atoms with E-state index in [1.165, 1.54) is 11.1 Å². The maximum absolute atomic E-state index is 6.53. The molecule has 2 heterocycles. The quantitative estimate of drug-likeness (QED) is 0.243. The second kappa shape index (κ2) is 10.6. The monoisotopic (exact) mass is 632 g/mol. The van der Waals surface area contributed by atoms with E-state index in [-0.39, 0.29) is 34.0 Å². The highest BCUT2D eigenvalue weighted by Gasteiger charge is 2.54. The van der Waals surface area contributed by atoms with Crippen LogP contribution in [0.2, 0.25) is 0 Å². The number of hydrogen-bond acceptors (Lipinski definition) is 4. The molecular formula is C26H48B2Br2N2O4. The zero-order valence-corrected chi connectivity index (χ0v) is 28.2. The third-order valence-corrected chi connectivity index (χ3v) is 7.70. The lowest BCUT2D eigenvalue weighted by atomic mass is 9.68. The minimum atomic E-state index is -0.412. The smallest absolute Gasteiger partial charge is 0.495 e. The number of quaternary nitrogens is 2. The standard InChI is InChI=1S/C26H48B2N2O4.2BrH/c1-23(2)24(3,4)32-27(31-23)21-15-20(18-30(12,13)14)22(16-19(21)17-29(9,10)11)28-33-25(5,6)26(7,8)34-28;;/h15-16H,17-18H2,1-14H3;2*1H/q+2;;/p-2. The summed E-state index contributed by atoms with van der Waals surface area (Å²) >= 11 is 0. The topological polar surface area (TPSA) is 36.9 Å². The van der Waals surface area contributed by atoms with Crippen molar-refractivity contribution >= 4 is 25.2 Å². The average molecular weight is 634 g/mol. The molecule has 0 bridgehead atoms. The first-order valence-corrected chi connectivity index (χ1v) is 12.5. The Morgan fingerprint density at radius 2 is 0.750 bits per heavy atom. The van der Waals surface area contributed by atoms with Crippen LogP contribution in [0.15, 0.2) is 12.1 Å². The number of nitrogens with zero attached hydrogens (tertiary/aromatic N) is 2. The molecule has 2 fully saturated rings. The zero-order valence-electron chi connectivity index (χ0n) is 25.0. The van der Waals surface area contributed by atoms with Gasteiger partial charge in [-0.25, -0.2) is 0 Å². The molecule has 36 heavy (non-hydrogen) atoms. The van der Waals surface area contributed by atoms with Crippen molar-refractivity contribution in [1.29, 1.82) is 0 Å². The summed E-state index contributed by atoms with van der Waals surface area (Å²) < 4.78 is 27.7. The number of halogens is 2. The Balaban J connectivity index is 0.00000324. The number of benzene rings is 1. The van der Waals surface area contributed by atoms with Gasteiger partial charge in [-0.3, -0.25) is 0 Å². The highest BCUT2D eigenvalue weighted by molar-refractivity contribution is 6.65. The first kappa shape index (κ1) is 34.1. The second-order valence-corrected chi connectivity index (χ2v) is 14.3. The van der Waals surface area contributed by atoms with E-state index in [2.05, 4.69) is 110 Å². The molecule has 2 saturated heterocycles. The minimum absolute atomic E-state index is 0. The van der Waals surface area contributed by atoms with E-state index < -0.39 is 36.6 Å². The van der Waals surface area contributed by atoms with Gasteiger partial charge in [0, 0.05) is 11.1 Å². The molecule has 0 aromatic heterocycles. The SMILES string of the molecule is CC1(C)OB(c2cc(C[N+](C)(C)C)c(B3OC(C)(C)C(C)(C)O3)cc2C[N+](C)(C)C)OC1(C)C.[Br-].[Br-]. The van der Waals surface area contributed by atoms with Gasteiger partial charge in [0.15, 0.2) is 0 Å². The van der Waals surface area contributed by atoms with Crippen molar-refractivity contribution in [3.8, 4) is 0 Å². The van der Waals surface area contributed by atoms with Crippen LogP contribution in [0.25, 0.3) is 0 Å². The van der Waals surface area contributed by atoms with E-state index in [1.54, 1.807) is 0 Å². The third kappa shape index (κ3) is 7.17. The first-order chi connectivity index (χ1) is 15.0. The third-order valence-electron chi connectivity index (χ3n) is 7.70. The molecule has 0 saturated carbocycles. The van der Waals surface area contributed by atoms with Gasteiger partial charge in [-0.05, 0) is 66.3 Å². The molecule has 3 rings (SSSR count). The lowest BCUT2D eigenvalue weighted by Crippen LogP contribution is -3.00. The van der Waals surface area contributed by atoms with Crippen LogP contribution in [-0.4, -0.2) is 87.9 Å². The molecule has 2 aliphatic rings. The van der Waals surface area contributed by atoms with Gasteiger partial charge in [0.25, 0.3) is 0 Å². The van der Waals surface area contributed by atoms with Crippen LogP contribution in [0.4, 0.5) is 0 Å². The van der Waals surface area contributed by atoms with Crippen LogP contribution in [0.5, 0.6) is 0 Å². The van der Waals surface area contributed by atoms with Gasteiger partial charge in [-0.2, -0.15) is 0 Å². The van der Waals surface area contributed by atoms with Crippen molar-refractivity contribution in [3.63, 3.8) is 0 Å². The van der Waals surface area contributed by atoms with Crippen molar-refractivity contribution in [2.24, 2.45) is 0 Å². The lowest BCUT2D eigenvalue weighted by molar-refractivity contribution is -0.884. The summed E-state index contributed by atoms with van der Waals surface area (Å²) in [6.45, 7) is 18.6. The van der Waals surface area contributed by atoms with Gasteiger partial charge in [0.2, 0.25) is 0 Å². The molecule has 1 aromatic carbocycles. The summed E-state index contributed by atoms with van der Waals surface area (Å²) in [5.41, 5.74) is 3.06. The Labute approximate surface area is 242 Å². The molecule has 206 valence electrons. The van der Waals surface area contributed by atoms with Crippen molar-refractivity contribution in [2.75, 3.05) is 42.3 Å². The van der Waals surface area contributed by atoms with E-state index in [1.807, 2.05) is 0 Å². The summed E-state index contributed by atoms with van der Waals surface area (Å²) in [5, 5.41) is 0. The maximum Gasteiger partial charge on any atom is 0.495 e. The predicted octanol–water partition coefficient (Wildman–Crippen LogP) is -3.29. The van der Waals surface area contributed by atoms with E-state index in [0.717, 1.165) is 33.0 Å². The largest absolute Gasteiger partial charge is 1.00 e. The predicted molar refractivity (Wildman–Crippen MR) is 141 cm³/mol. The summed E-state index contributed by atoms with van der Waals surface area (Å²) in [5.74, 6) is 0. The van der Waals surface area contributed by atoms with Crippen LogP contribution >= 0.6 is 0 Å². The van der Waals surface area contributed by atoms with E-state index in [4.69, 9.17) is 18.6 Å².